The first-order chi connectivity index (χ1) is 1.73. The van der Waals surface area contributed by atoms with E-state index in [0.29, 0.717) is 0 Å². The van der Waals surface area contributed by atoms with Gasteiger partial charge >= 0.3 is 27.7 Å². The predicted molar refractivity (Wildman–Crippen MR) is 12.8 cm³/mol. The number of carbonyl (C=O) groups excluding carboxylic acids is 1. The second kappa shape index (κ2) is 4.63. The van der Waals surface area contributed by atoms with Crippen molar-refractivity contribution in [2.24, 2.45) is 0 Å². The van der Waals surface area contributed by atoms with Crippen LogP contribution in [0.4, 0.5) is 4.79 Å². The Labute approximate surface area is 55.5 Å². The van der Waals surface area contributed by atoms with Gasteiger partial charge in [-0.2, -0.15) is 0 Å². The molecule has 4 heteroatoms. The molecular weight excluding hydrogens is 277 g/mol. The first-order valence-electron chi connectivity index (χ1n) is 0.612. The van der Waals surface area contributed by atoms with E-state index in [2.05, 4.69) is 12.6 Å². The van der Waals surface area contributed by atoms with Gasteiger partial charge in [0.1, 0.15) is 0 Å². The second-order valence-corrected chi connectivity index (χ2v) is 0.583. The van der Waals surface area contributed by atoms with Gasteiger partial charge in [-0.3, -0.25) is 0 Å². The van der Waals surface area contributed by atoms with Gasteiger partial charge in [-0.15, -0.1) is 0 Å². The van der Waals surface area contributed by atoms with E-state index in [1.807, 2.05) is 0 Å². The number of hydrogen-bond donors (Lipinski definition) is 0. The van der Waals surface area contributed by atoms with Crippen molar-refractivity contribution in [3.8, 4) is 0 Å². The molecule has 0 amide bonds. The van der Waals surface area contributed by atoms with Gasteiger partial charge in [-0.05, 0) is 0 Å². The van der Waals surface area contributed by atoms with Gasteiger partial charge in [0.15, 0.2) is 0 Å². The maximum Gasteiger partial charge on any atom is 2.00 e. The van der Waals surface area contributed by atoms with Crippen LogP contribution < -0.4 is 5.11 Å². The first-order valence-corrected chi connectivity index (χ1v) is 1.02. The molecule has 0 aliphatic rings. The molecule has 0 unspecified atom stereocenters. The monoisotopic (exact) mass is 278 g/mol. The van der Waals surface area contributed by atoms with Crippen LogP contribution in [0.5, 0.6) is 0 Å². The summed E-state index contributed by atoms with van der Waals surface area (Å²) in [6.45, 7) is 0. The van der Waals surface area contributed by atoms with Crippen LogP contribution >= 0.6 is 0 Å². The van der Waals surface area contributed by atoms with Gasteiger partial charge in [-0.25, -0.2) is 0 Å². The molecule has 0 heterocycles. The quantitative estimate of drug-likeness (QED) is 0.415. The minimum Gasteiger partial charge on any atom is -0.764 e. The molecule has 0 aliphatic carbocycles. The van der Waals surface area contributed by atoms with Gasteiger partial charge in [0, 0.05) is 0 Å². The van der Waals surface area contributed by atoms with Crippen LogP contribution in [0.15, 0.2) is 0 Å². The van der Waals surface area contributed by atoms with Crippen LogP contribution in [0.2, 0.25) is 0 Å². The van der Waals surface area contributed by atoms with E-state index in [-0.39, 0.29) is 27.7 Å². The normalized spacial score (nSPS) is 4.80. The summed E-state index contributed by atoms with van der Waals surface area (Å²) in [5.41, 5.74) is 0. The van der Waals surface area contributed by atoms with Gasteiger partial charge < -0.3 is 22.5 Å². The summed E-state index contributed by atoms with van der Waals surface area (Å²) in [4.78, 5) is 8.70. The van der Waals surface area contributed by atoms with E-state index in [9.17, 15) is 0 Å². The SMILES string of the molecule is O=C([O-])[S-].[Hg+2]. The molecule has 0 spiro atoms. The van der Waals surface area contributed by atoms with Crippen LogP contribution in [0.1, 0.15) is 0 Å². The van der Waals surface area contributed by atoms with Crippen molar-refractivity contribution >= 4 is 17.9 Å². The summed E-state index contributed by atoms with van der Waals surface area (Å²) < 4.78 is 0. The molecule has 24 valence electrons. The molecule has 2 nitrogen and oxygen atoms in total. The fourth-order valence-corrected chi connectivity index (χ4v) is 0. The van der Waals surface area contributed by atoms with Crippen molar-refractivity contribution < 1.29 is 37.6 Å². The molecule has 0 saturated heterocycles. The van der Waals surface area contributed by atoms with E-state index < -0.39 is 5.30 Å². The number of carboxylic acid groups (broad SMARTS) is 1. The van der Waals surface area contributed by atoms with E-state index in [0.717, 1.165) is 0 Å². The van der Waals surface area contributed by atoms with Crippen LogP contribution in [-0.4, -0.2) is 5.30 Å². The third-order valence-electron chi connectivity index (χ3n) is 0. The average Bonchev–Trinajstić information content (AvgIpc) is 0.811. The van der Waals surface area contributed by atoms with Crippen LogP contribution in [0.25, 0.3) is 0 Å². The Hall–Kier alpha value is 0.625. The Morgan fingerprint density at radius 1 is 1.80 bits per heavy atom. The zero-order valence-electron chi connectivity index (χ0n) is 2.43. The second-order valence-electron chi connectivity index (χ2n) is 0.250. The largest absolute Gasteiger partial charge is 2.00 e. The topological polar surface area (TPSA) is 40.1 Å². The summed E-state index contributed by atoms with van der Waals surface area (Å²) in [5, 5.41) is 7.20. The van der Waals surface area contributed by atoms with Gasteiger partial charge in [-0.1, -0.05) is 5.30 Å². The summed E-state index contributed by atoms with van der Waals surface area (Å²) in [5.74, 6) is 0. The standard InChI is InChI=1S/CH2O2S.Hg/c2-1(3)4;/h4H,(H,2,3);/q;+2/p-2. The van der Waals surface area contributed by atoms with Crippen LogP contribution in [0.3, 0.4) is 0 Å². The van der Waals surface area contributed by atoms with Crippen molar-refractivity contribution in [1.82, 2.24) is 0 Å². The smallest absolute Gasteiger partial charge is 0.764 e. The molecule has 0 aromatic carbocycles. The van der Waals surface area contributed by atoms with Gasteiger partial charge in [0.2, 0.25) is 0 Å². The van der Waals surface area contributed by atoms with Crippen LogP contribution in [0, 0.1) is 0 Å². The molecule has 0 N–H and O–H groups in total. The summed E-state index contributed by atoms with van der Waals surface area (Å²) in [6.07, 6.45) is 0. The number of carbonyl (C=O) groups is 1. The third kappa shape index (κ3) is 81.6. The molecule has 0 fully saturated rings. The predicted octanol–water partition coefficient (Wildman–Crippen LogP) is -1.13. The van der Waals surface area contributed by atoms with Crippen molar-refractivity contribution in [2.75, 3.05) is 0 Å². The van der Waals surface area contributed by atoms with Crippen molar-refractivity contribution in [3.05, 3.63) is 0 Å². The van der Waals surface area contributed by atoms with Crippen LogP contribution in [-0.2, 0) is 40.3 Å². The number of rotatable bonds is 0. The van der Waals surface area contributed by atoms with Gasteiger partial charge in [0.25, 0.3) is 0 Å². The molecule has 0 rings (SSSR count). The fraction of sp³-hybridized carbons (Fsp3) is 0. The zero-order chi connectivity index (χ0) is 3.58. The minimum absolute atomic E-state index is 0. The van der Waals surface area contributed by atoms with E-state index >= 15 is 0 Å². The maximum atomic E-state index is 8.70. The molecule has 5 heavy (non-hydrogen) atoms. The van der Waals surface area contributed by atoms with E-state index in [1.165, 1.54) is 0 Å². The Morgan fingerprint density at radius 2 is 1.80 bits per heavy atom. The van der Waals surface area contributed by atoms with Crippen molar-refractivity contribution in [3.63, 3.8) is 0 Å². The Morgan fingerprint density at radius 3 is 1.80 bits per heavy atom. The first kappa shape index (κ1) is 9.16. The Balaban J connectivity index is 0. The third-order valence-corrected chi connectivity index (χ3v) is 0. The maximum absolute atomic E-state index is 8.70. The fourth-order valence-electron chi connectivity index (χ4n) is 0. The zero-order valence-corrected chi connectivity index (χ0v) is 8.75. The average molecular weight is 277 g/mol. The molecule has 0 aromatic heterocycles. The molecule has 0 radical (unpaired) electrons. The summed E-state index contributed by atoms with van der Waals surface area (Å²) in [7, 11) is 0. The van der Waals surface area contributed by atoms with Crippen molar-refractivity contribution in [2.45, 2.75) is 0 Å². The summed E-state index contributed by atoms with van der Waals surface area (Å²) >= 11 is 3.43. The van der Waals surface area contributed by atoms with E-state index in [4.69, 9.17) is 9.90 Å². The Kier molecular flexibility index (Phi) is 8.47. The molecule has 0 atom stereocenters. The Bertz CT molecular complexity index is 32.6. The van der Waals surface area contributed by atoms with Gasteiger partial charge in [0.05, 0.1) is 0 Å². The summed E-state index contributed by atoms with van der Waals surface area (Å²) in [6, 6.07) is 0. The molecule has 0 aliphatic heterocycles. The molecule has 0 saturated carbocycles. The molecule has 0 aromatic rings. The number of hydrogen-bond acceptors (Lipinski definition) is 3. The molecule has 0 bridgehead atoms. The van der Waals surface area contributed by atoms with Crippen molar-refractivity contribution in [1.29, 1.82) is 0 Å². The minimum atomic E-state index is -1.50. The molecular formula is CHgO2S. The van der Waals surface area contributed by atoms with E-state index in [1.54, 1.807) is 0 Å².